The van der Waals surface area contributed by atoms with Crippen molar-refractivity contribution in [2.45, 2.75) is 18.9 Å². The number of rotatable bonds is 8. The van der Waals surface area contributed by atoms with Crippen LogP contribution in [-0.4, -0.2) is 60.8 Å². The molecule has 1 aliphatic heterocycles. The molecule has 0 radical (unpaired) electrons. The summed E-state index contributed by atoms with van der Waals surface area (Å²) in [6.45, 7) is 1.95. The Morgan fingerprint density at radius 2 is 2.09 bits per heavy atom. The number of carboxylic acid groups (broad SMARTS) is 1. The molecule has 1 saturated heterocycles. The highest BCUT2D eigenvalue weighted by atomic mass is 16.5. The quantitative estimate of drug-likeness (QED) is 0.732. The predicted molar refractivity (Wildman–Crippen MR) is 81.6 cm³/mol. The van der Waals surface area contributed by atoms with Crippen molar-refractivity contribution < 1.29 is 19.4 Å². The first-order valence-electron chi connectivity index (χ1n) is 7.49. The predicted octanol–water partition coefficient (Wildman–Crippen LogP) is 0.521. The molecule has 0 aromatic heterocycles. The number of nitrogens with one attached hydrogen (secondary N) is 1. The van der Waals surface area contributed by atoms with E-state index in [0.717, 1.165) is 19.4 Å². The van der Waals surface area contributed by atoms with E-state index in [2.05, 4.69) is 22.3 Å². The molecule has 1 heterocycles. The summed E-state index contributed by atoms with van der Waals surface area (Å²) < 4.78 is 5.40. The summed E-state index contributed by atoms with van der Waals surface area (Å²) in [5.41, 5.74) is 1.22. The standard InChI is InChI=1S/C16H22N2O4/c19-15(17-10-16(20)21)11-18(14-7-9-22-12-14)8-6-13-4-2-1-3-5-13/h1-5,14H,6-12H2,(H,17,19)(H,20,21). The minimum atomic E-state index is -1.03. The van der Waals surface area contributed by atoms with E-state index in [4.69, 9.17) is 9.84 Å². The molecule has 2 rings (SSSR count). The van der Waals surface area contributed by atoms with Crippen LogP contribution in [-0.2, 0) is 20.7 Å². The van der Waals surface area contributed by atoms with Gasteiger partial charge in [0, 0.05) is 19.2 Å². The molecule has 1 fully saturated rings. The van der Waals surface area contributed by atoms with Crippen LogP contribution in [0.4, 0.5) is 0 Å². The minimum absolute atomic E-state index is 0.203. The summed E-state index contributed by atoms with van der Waals surface area (Å²) >= 11 is 0. The van der Waals surface area contributed by atoms with Crippen LogP contribution in [0, 0.1) is 0 Å². The van der Waals surface area contributed by atoms with E-state index in [1.54, 1.807) is 0 Å². The number of nitrogens with zero attached hydrogens (tertiary/aromatic N) is 1. The van der Waals surface area contributed by atoms with E-state index < -0.39 is 5.97 Å². The van der Waals surface area contributed by atoms with Gasteiger partial charge in [0.1, 0.15) is 6.54 Å². The molecule has 6 heteroatoms. The molecule has 22 heavy (non-hydrogen) atoms. The number of aliphatic carboxylic acids is 1. The molecule has 2 N–H and O–H groups in total. The number of benzene rings is 1. The third-order valence-electron chi connectivity index (χ3n) is 3.74. The summed E-state index contributed by atoms with van der Waals surface area (Å²) in [6.07, 6.45) is 1.75. The van der Waals surface area contributed by atoms with Crippen molar-refractivity contribution in [2.75, 3.05) is 32.8 Å². The van der Waals surface area contributed by atoms with Gasteiger partial charge in [0.25, 0.3) is 0 Å². The van der Waals surface area contributed by atoms with Gasteiger partial charge in [-0.1, -0.05) is 30.3 Å². The normalized spacial score (nSPS) is 17.6. The van der Waals surface area contributed by atoms with E-state index in [9.17, 15) is 9.59 Å². The van der Waals surface area contributed by atoms with E-state index >= 15 is 0 Å². The molecule has 0 saturated carbocycles. The summed E-state index contributed by atoms with van der Waals surface area (Å²) in [6, 6.07) is 10.3. The van der Waals surface area contributed by atoms with Crippen molar-refractivity contribution in [1.29, 1.82) is 0 Å². The Morgan fingerprint density at radius 3 is 2.73 bits per heavy atom. The number of carboxylic acids is 1. The average Bonchev–Trinajstić information content (AvgIpc) is 3.04. The molecule has 0 bridgehead atoms. The third-order valence-corrected chi connectivity index (χ3v) is 3.74. The lowest BCUT2D eigenvalue weighted by Gasteiger charge is -2.27. The lowest BCUT2D eigenvalue weighted by atomic mass is 10.1. The monoisotopic (exact) mass is 306 g/mol. The largest absolute Gasteiger partial charge is 0.480 e. The van der Waals surface area contributed by atoms with Crippen LogP contribution in [0.25, 0.3) is 0 Å². The number of amides is 1. The third kappa shape index (κ3) is 5.46. The van der Waals surface area contributed by atoms with Crippen LogP contribution in [0.5, 0.6) is 0 Å². The van der Waals surface area contributed by atoms with Gasteiger partial charge in [0.05, 0.1) is 13.2 Å². The van der Waals surface area contributed by atoms with Gasteiger partial charge in [-0.05, 0) is 18.4 Å². The van der Waals surface area contributed by atoms with Gasteiger partial charge in [0.2, 0.25) is 5.91 Å². The summed E-state index contributed by atoms with van der Waals surface area (Å²) in [5.74, 6) is -1.30. The lowest BCUT2D eigenvalue weighted by molar-refractivity contribution is -0.138. The highest BCUT2D eigenvalue weighted by molar-refractivity contribution is 5.82. The van der Waals surface area contributed by atoms with Crippen molar-refractivity contribution in [3.63, 3.8) is 0 Å². The van der Waals surface area contributed by atoms with Crippen molar-refractivity contribution in [3.8, 4) is 0 Å². The topological polar surface area (TPSA) is 78.9 Å². The van der Waals surface area contributed by atoms with Gasteiger partial charge in [-0.3, -0.25) is 14.5 Å². The fourth-order valence-electron chi connectivity index (χ4n) is 2.53. The Labute approximate surface area is 130 Å². The fraction of sp³-hybridized carbons (Fsp3) is 0.500. The Hall–Kier alpha value is -1.92. The van der Waals surface area contributed by atoms with Crippen LogP contribution in [0.2, 0.25) is 0 Å². The first-order chi connectivity index (χ1) is 10.6. The fourth-order valence-corrected chi connectivity index (χ4v) is 2.53. The molecular formula is C16H22N2O4. The summed E-state index contributed by atoms with van der Waals surface area (Å²) in [4.78, 5) is 24.5. The van der Waals surface area contributed by atoms with Gasteiger partial charge < -0.3 is 15.2 Å². The van der Waals surface area contributed by atoms with Crippen LogP contribution in [0.3, 0.4) is 0 Å². The molecule has 1 aliphatic rings. The zero-order chi connectivity index (χ0) is 15.8. The van der Waals surface area contributed by atoms with E-state index in [0.29, 0.717) is 13.2 Å². The molecule has 6 nitrogen and oxygen atoms in total. The number of hydrogen-bond acceptors (Lipinski definition) is 4. The van der Waals surface area contributed by atoms with Crippen LogP contribution < -0.4 is 5.32 Å². The molecule has 0 spiro atoms. The summed E-state index contributed by atoms with van der Waals surface area (Å²) in [7, 11) is 0. The first-order valence-corrected chi connectivity index (χ1v) is 7.49. The van der Waals surface area contributed by atoms with E-state index in [1.807, 2.05) is 18.2 Å². The molecule has 1 amide bonds. The van der Waals surface area contributed by atoms with E-state index in [1.165, 1.54) is 5.56 Å². The van der Waals surface area contributed by atoms with Crippen LogP contribution >= 0.6 is 0 Å². The molecule has 0 aliphatic carbocycles. The molecule has 1 unspecified atom stereocenters. The average molecular weight is 306 g/mol. The molecular weight excluding hydrogens is 284 g/mol. The van der Waals surface area contributed by atoms with Gasteiger partial charge in [0.15, 0.2) is 0 Å². The Morgan fingerprint density at radius 1 is 1.32 bits per heavy atom. The molecule has 1 atom stereocenters. The Kier molecular flexibility index (Phi) is 6.36. The maximum atomic E-state index is 11.9. The van der Waals surface area contributed by atoms with E-state index in [-0.39, 0.29) is 25.0 Å². The molecule has 1 aromatic carbocycles. The van der Waals surface area contributed by atoms with Crippen molar-refractivity contribution in [2.24, 2.45) is 0 Å². The SMILES string of the molecule is O=C(O)CNC(=O)CN(CCc1ccccc1)C1CCOC1. The molecule has 1 aromatic rings. The second-order valence-corrected chi connectivity index (χ2v) is 5.39. The highest BCUT2D eigenvalue weighted by Gasteiger charge is 2.24. The van der Waals surface area contributed by atoms with Crippen LogP contribution in [0.1, 0.15) is 12.0 Å². The Bertz CT molecular complexity index is 486. The maximum Gasteiger partial charge on any atom is 0.322 e. The lowest BCUT2D eigenvalue weighted by Crippen LogP contribution is -2.45. The second-order valence-electron chi connectivity index (χ2n) is 5.39. The summed E-state index contributed by atoms with van der Waals surface area (Å²) in [5, 5.41) is 11.0. The smallest absolute Gasteiger partial charge is 0.322 e. The maximum absolute atomic E-state index is 11.9. The number of ether oxygens (including phenoxy) is 1. The van der Waals surface area contributed by atoms with Crippen molar-refractivity contribution in [1.82, 2.24) is 10.2 Å². The van der Waals surface area contributed by atoms with Crippen LogP contribution in [0.15, 0.2) is 30.3 Å². The number of carbonyl (C=O) groups excluding carboxylic acids is 1. The number of carbonyl (C=O) groups is 2. The zero-order valence-electron chi connectivity index (χ0n) is 12.5. The van der Waals surface area contributed by atoms with Gasteiger partial charge in [-0.2, -0.15) is 0 Å². The van der Waals surface area contributed by atoms with Gasteiger partial charge in [-0.25, -0.2) is 0 Å². The van der Waals surface area contributed by atoms with Gasteiger partial charge >= 0.3 is 5.97 Å². The zero-order valence-corrected chi connectivity index (χ0v) is 12.5. The Balaban J connectivity index is 1.88. The molecule has 120 valence electrons. The van der Waals surface area contributed by atoms with Crippen molar-refractivity contribution in [3.05, 3.63) is 35.9 Å². The minimum Gasteiger partial charge on any atom is -0.480 e. The first kappa shape index (κ1) is 16.5. The van der Waals surface area contributed by atoms with Gasteiger partial charge in [-0.15, -0.1) is 0 Å². The van der Waals surface area contributed by atoms with Crippen molar-refractivity contribution >= 4 is 11.9 Å². The number of hydrogen-bond donors (Lipinski definition) is 2. The highest BCUT2D eigenvalue weighted by Crippen LogP contribution is 2.13. The second kappa shape index (κ2) is 8.51.